The number of benzene rings is 1. The first-order chi connectivity index (χ1) is 13.7. The molecule has 1 aromatic carbocycles. The van der Waals surface area contributed by atoms with Crippen molar-refractivity contribution in [1.29, 1.82) is 0 Å². The van der Waals surface area contributed by atoms with Crippen LogP contribution in [-0.4, -0.2) is 61.9 Å². The van der Waals surface area contributed by atoms with E-state index in [0.29, 0.717) is 42.1 Å². The Morgan fingerprint density at radius 1 is 0.964 bits per heavy atom. The van der Waals surface area contributed by atoms with Crippen LogP contribution in [0.2, 0.25) is 0 Å². The van der Waals surface area contributed by atoms with Crippen molar-refractivity contribution in [3.05, 3.63) is 64.8 Å². The van der Waals surface area contributed by atoms with Gasteiger partial charge in [0.25, 0.3) is 11.5 Å². The molecule has 2 atom stereocenters. The van der Waals surface area contributed by atoms with E-state index < -0.39 is 0 Å². The Bertz CT molecular complexity index is 1050. The minimum atomic E-state index is -0.150. The summed E-state index contributed by atoms with van der Waals surface area (Å²) < 4.78 is 0. The van der Waals surface area contributed by atoms with E-state index in [9.17, 15) is 9.59 Å². The SMILES string of the molecule is O=C(c1ccccc1-n1nccn1)N1CC2CN(c3nccc(=O)[nH]3)CC2C1. The molecule has 2 fully saturated rings. The molecule has 2 aliphatic heterocycles. The molecule has 9 nitrogen and oxygen atoms in total. The number of nitrogens with zero attached hydrogens (tertiary/aromatic N) is 6. The summed E-state index contributed by atoms with van der Waals surface area (Å²) in [5, 5.41) is 8.31. The average molecular weight is 377 g/mol. The Morgan fingerprint density at radius 2 is 1.68 bits per heavy atom. The fraction of sp³-hybridized carbons (Fsp3) is 0.316. The number of aromatic nitrogens is 5. The molecule has 2 aromatic heterocycles. The Hall–Kier alpha value is -3.49. The van der Waals surface area contributed by atoms with Crippen molar-refractivity contribution in [2.24, 2.45) is 11.8 Å². The zero-order valence-corrected chi connectivity index (χ0v) is 15.1. The second-order valence-corrected chi connectivity index (χ2v) is 7.23. The van der Waals surface area contributed by atoms with Crippen LogP contribution in [0.15, 0.2) is 53.7 Å². The van der Waals surface area contributed by atoms with Crippen molar-refractivity contribution in [2.75, 3.05) is 31.1 Å². The molecule has 2 unspecified atom stereocenters. The van der Waals surface area contributed by atoms with Gasteiger partial charge in [0.1, 0.15) is 0 Å². The van der Waals surface area contributed by atoms with Gasteiger partial charge in [0.05, 0.1) is 23.6 Å². The predicted octanol–water partition coefficient (Wildman–Crippen LogP) is 0.559. The number of anilines is 1. The molecule has 9 heteroatoms. The molecule has 0 saturated carbocycles. The zero-order chi connectivity index (χ0) is 19.1. The van der Waals surface area contributed by atoms with E-state index in [0.717, 1.165) is 13.1 Å². The number of carbonyl (C=O) groups excluding carboxylic acids is 1. The first-order valence-corrected chi connectivity index (χ1v) is 9.24. The first kappa shape index (κ1) is 16.7. The minimum Gasteiger partial charge on any atom is -0.342 e. The Kier molecular flexibility index (Phi) is 3.92. The number of likely N-dealkylation sites (tertiary alicyclic amines) is 1. The lowest BCUT2D eigenvalue weighted by molar-refractivity contribution is 0.0782. The van der Waals surface area contributed by atoms with Crippen LogP contribution >= 0.6 is 0 Å². The second-order valence-electron chi connectivity index (χ2n) is 7.23. The molecule has 28 heavy (non-hydrogen) atoms. The minimum absolute atomic E-state index is 0.0000862. The number of H-pyrrole nitrogens is 1. The van der Waals surface area contributed by atoms with Crippen LogP contribution in [-0.2, 0) is 0 Å². The molecule has 2 aliphatic rings. The summed E-state index contributed by atoms with van der Waals surface area (Å²) in [6, 6.07) is 8.81. The maximum absolute atomic E-state index is 13.2. The Balaban J connectivity index is 1.32. The number of rotatable bonds is 3. The second kappa shape index (κ2) is 6.59. The number of para-hydroxylation sites is 1. The highest BCUT2D eigenvalue weighted by atomic mass is 16.2. The maximum Gasteiger partial charge on any atom is 0.256 e. The number of hydrogen-bond donors (Lipinski definition) is 1. The number of aromatic amines is 1. The van der Waals surface area contributed by atoms with E-state index in [4.69, 9.17) is 0 Å². The highest BCUT2D eigenvalue weighted by Crippen LogP contribution is 2.33. The van der Waals surface area contributed by atoms with E-state index in [1.807, 2.05) is 29.2 Å². The van der Waals surface area contributed by atoms with E-state index in [1.54, 1.807) is 12.4 Å². The van der Waals surface area contributed by atoms with Crippen molar-refractivity contribution in [2.45, 2.75) is 0 Å². The predicted molar refractivity (Wildman–Crippen MR) is 101 cm³/mol. The fourth-order valence-corrected chi connectivity index (χ4v) is 4.19. The maximum atomic E-state index is 13.2. The molecule has 5 rings (SSSR count). The lowest BCUT2D eigenvalue weighted by Gasteiger charge is -2.22. The molecule has 2 saturated heterocycles. The molecular weight excluding hydrogens is 358 g/mol. The Morgan fingerprint density at radius 3 is 2.39 bits per heavy atom. The Labute approximate surface area is 160 Å². The highest BCUT2D eigenvalue weighted by molar-refractivity contribution is 5.97. The summed E-state index contributed by atoms with van der Waals surface area (Å²) in [6.07, 6.45) is 4.72. The monoisotopic (exact) mass is 377 g/mol. The topological polar surface area (TPSA) is 100 Å². The van der Waals surface area contributed by atoms with Crippen molar-refractivity contribution in [3.63, 3.8) is 0 Å². The number of hydrogen-bond acceptors (Lipinski definition) is 6. The van der Waals surface area contributed by atoms with E-state index >= 15 is 0 Å². The van der Waals surface area contributed by atoms with Gasteiger partial charge in [-0.25, -0.2) is 4.98 Å². The van der Waals surface area contributed by atoms with Gasteiger partial charge in [-0.3, -0.25) is 14.6 Å². The smallest absolute Gasteiger partial charge is 0.256 e. The van der Waals surface area contributed by atoms with Crippen LogP contribution in [0.5, 0.6) is 0 Å². The van der Waals surface area contributed by atoms with Gasteiger partial charge in [-0.2, -0.15) is 15.0 Å². The van der Waals surface area contributed by atoms with Gasteiger partial charge in [-0.05, 0) is 12.1 Å². The number of carbonyl (C=O) groups is 1. The van der Waals surface area contributed by atoms with E-state index in [-0.39, 0.29) is 11.5 Å². The van der Waals surface area contributed by atoms with Gasteiger partial charge < -0.3 is 9.80 Å². The summed E-state index contributed by atoms with van der Waals surface area (Å²) in [6.45, 7) is 2.95. The molecule has 0 spiro atoms. The van der Waals surface area contributed by atoms with Crippen molar-refractivity contribution >= 4 is 11.9 Å². The average Bonchev–Trinajstić information content (AvgIpc) is 3.43. The molecule has 1 N–H and O–H groups in total. The summed E-state index contributed by atoms with van der Waals surface area (Å²) in [7, 11) is 0. The third kappa shape index (κ3) is 2.84. The number of fused-ring (bicyclic) bond motifs is 1. The lowest BCUT2D eigenvalue weighted by Crippen LogP contribution is -2.34. The first-order valence-electron chi connectivity index (χ1n) is 9.24. The molecular formula is C19H19N7O2. The van der Waals surface area contributed by atoms with Gasteiger partial charge in [0.2, 0.25) is 5.95 Å². The normalized spacial score (nSPS) is 21.1. The van der Waals surface area contributed by atoms with E-state index in [2.05, 4.69) is 25.1 Å². The molecule has 4 heterocycles. The van der Waals surface area contributed by atoms with Gasteiger partial charge in [-0.1, -0.05) is 12.1 Å². The van der Waals surface area contributed by atoms with Crippen LogP contribution in [0.3, 0.4) is 0 Å². The summed E-state index contributed by atoms with van der Waals surface area (Å²) in [5.74, 6) is 1.34. The summed E-state index contributed by atoms with van der Waals surface area (Å²) >= 11 is 0. The number of nitrogens with one attached hydrogen (secondary N) is 1. The molecule has 3 aromatic rings. The standard InChI is InChI=1S/C19H19N7O2/c27-17-5-6-20-19(23-17)25-11-13-9-24(10-14(13)12-25)18(28)15-3-1-2-4-16(15)26-21-7-8-22-26/h1-8,13-14H,9-12H2,(H,20,23,27). The quantitative estimate of drug-likeness (QED) is 0.716. The van der Waals surface area contributed by atoms with Crippen molar-refractivity contribution < 1.29 is 4.79 Å². The van der Waals surface area contributed by atoms with Crippen LogP contribution in [0.4, 0.5) is 5.95 Å². The largest absolute Gasteiger partial charge is 0.342 e. The number of amides is 1. The van der Waals surface area contributed by atoms with Gasteiger partial charge >= 0.3 is 0 Å². The lowest BCUT2D eigenvalue weighted by atomic mass is 10.0. The van der Waals surface area contributed by atoms with Crippen molar-refractivity contribution in [1.82, 2.24) is 29.9 Å². The zero-order valence-electron chi connectivity index (χ0n) is 15.1. The van der Waals surface area contributed by atoms with Gasteiger partial charge in [0, 0.05) is 50.3 Å². The highest BCUT2D eigenvalue weighted by Gasteiger charge is 2.42. The third-order valence-corrected chi connectivity index (χ3v) is 5.50. The molecule has 0 bridgehead atoms. The summed E-state index contributed by atoms with van der Waals surface area (Å²) in [5.41, 5.74) is 1.13. The van der Waals surface area contributed by atoms with Crippen LogP contribution in [0, 0.1) is 11.8 Å². The van der Waals surface area contributed by atoms with Crippen LogP contribution < -0.4 is 10.5 Å². The van der Waals surface area contributed by atoms with E-state index in [1.165, 1.54) is 17.1 Å². The molecule has 0 radical (unpaired) electrons. The fourth-order valence-electron chi connectivity index (χ4n) is 4.19. The van der Waals surface area contributed by atoms with Crippen molar-refractivity contribution in [3.8, 4) is 5.69 Å². The van der Waals surface area contributed by atoms with Gasteiger partial charge in [-0.15, -0.1) is 0 Å². The molecule has 0 aliphatic carbocycles. The van der Waals surface area contributed by atoms with Crippen LogP contribution in [0.25, 0.3) is 5.69 Å². The third-order valence-electron chi connectivity index (χ3n) is 5.50. The molecule has 142 valence electrons. The summed E-state index contributed by atoms with van der Waals surface area (Å²) in [4.78, 5) is 37.2. The van der Waals surface area contributed by atoms with Gasteiger partial charge in [0.15, 0.2) is 0 Å². The van der Waals surface area contributed by atoms with Crippen LogP contribution in [0.1, 0.15) is 10.4 Å². The molecule has 1 amide bonds.